The molecule has 0 spiro atoms. The predicted octanol–water partition coefficient (Wildman–Crippen LogP) is 3.54. The van der Waals surface area contributed by atoms with Gasteiger partial charge in [0.1, 0.15) is 0 Å². The molecule has 7 nitrogen and oxygen atoms in total. The molecule has 0 saturated heterocycles. The minimum absolute atomic E-state index is 0.0985. The SMILES string of the molecule is CCCN(CCC)C(=O)C1([C@H](Cc2ccccc2)[C@@H](O)CNCC(O)c2ccccc2)C=CC=C(C(N)=O)C1. The second-order valence-electron chi connectivity index (χ2n) is 10.4. The molecule has 2 unspecified atom stereocenters. The summed E-state index contributed by atoms with van der Waals surface area (Å²) >= 11 is 0. The van der Waals surface area contributed by atoms with Crippen LogP contribution in [0.1, 0.15) is 50.3 Å². The number of hydrogen-bond acceptors (Lipinski definition) is 5. The Hall–Kier alpha value is -3.26. The van der Waals surface area contributed by atoms with E-state index in [0.29, 0.717) is 25.1 Å². The second-order valence-corrected chi connectivity index (χ2v) is 10.4. The fourth-order valence-corrected chi connectivity index (χ4v) is 5.48. The molecule has 0 aliphatic heterocycles. The minimum Gasteiger partial charge on any atom is -0.391 e. The number of carbonyl (C=O) groups excluding carboxylic acids is 2. The molecule has 7 heteroatoms. The third kappa shape index (κ3) is 7.88. The number of carbonyl (C=O) groups is 2. The molecule has 1 aliphatic rings. The van der Waals surface area contributed by atoms with E-state index in [-0.39, 0.29) is 25.4 Å². The number of nitrogens with zero attached hydrogens (tertiary/aromatic N) is 1. The zero-order valence-corrected chi connectivity index (χ0v) is 23.1. The topological polar surface area (TPSA) is 116 Å². The molecule has 0 fully saturated rings. The molecule has 39 heavy (non-hydrogen) atoms. The largest absolute Gasteiger partial charge is 0.391 e. The van der Waals surface area contributed by atoms with Crippen molar-refractivity contribution in [3.05, 3.63) is 95.6 Å². The van der Waals surface area contributed by atoms with Gasteiger partial charge in [0.15, 0.2) is 0 Å². The third-order valence-corrected chi connectivity index (χ3v) is 7.46. The molecule has 4 atom stereocenters. The van der Waals surface area contributed by atoms with Gasteiger partial charge in [-0.15, -0.1) is 0 Å². The van der Waals surface area contributed by atoms with Crippen LogP contribution in [0.25, 0.3) is 0 Å². The minimum atomic E-state index is -1.15. The average Bonchev–Trinajstić information content (AvgIpc) is 2.96. The summed E-state index contributed by atoms with van der Waals surface area (Å²) in [5.74, 6) is -1.21. The van der Waals surface area contributed by atoms with Gasteiger partial charge in [-0.2, -0.15) is 0 Å². The van der Waals surface area contributed by atoms with Gasteiger partial charge in [-0.3, -0.25) is 9.59 Å². The number of allylic oxidation sites excluding steroid dienone is 2. The Kier molecular flexibility index (Phi) is 11.5. The fraction of sp³-hybridized carbons (Fsp3) is 0.438. The summed E-state index contributed by atoms with van der Waals surface area (Å²) in [4.78, 5) is 28.6. The molecule has 2 aromatic rings. The first-order chi connectivity index (χ1) is 18.8. The van der Waals surface area contributed by atoms with Gasteiger partial charge in [0.05, 0.1) is 17.6 Å². The number of aliphatic hydroxyl groups is 2. The maximum absolute atomic E-state index is 14.4. The lowest BCUT2D eigenvalue weighted by atomic mass is 9.64. The zero-order chi connectivity index (χ0) is 28.3. The molecular weight excluding hydrogens is 490 g/mol. The van der Waals surface area contributed by atoms with E-state index in [1.807, 2.05) is 85.5 Å². The van der Waals surface area contributed by atoms with Crippen molar-refractivity contribution in [3.8, 4) is 0 Å². The van der Waals surface area contributed by atoms with Crippen LogP contribution in [0.4, 0.5) is 0 Å². The molecule has 2 amide bonds. The molecule has 0 aromatic heterocycles. The van der Waals surface area contributed by atoms with E-state index in [1.165, 1.54) is 0 Å². The highest BCUT2D eigenvalue weighted by molar-refractivity contribution is 5.95. The van der Waals surface area contributed by atoms with Crippen LogP contribution in [-0.4, -0.2) is 59.2 Å². The van der Waals surface area contributed by atoms with Crippen molar-refractivity contribution in [1.82, 2.24) is 10.2 Å². The van der Waals surface area contributed by atoms with Crippen LogP contribution < -0.4 is 11.1 Å². The monoisotopic (exact) mass is 533 g/mol. The Morgan fingerprint density at radius 3 is 2.18 bits per heavy atom. The van der Waals surface area contributed by atoms with E-state index < -0.39 is 29.4 Å². The molecule has 210 valence electrons. The number of rotatable bonds is 15. The lowest BCUT2D eigenvalue weighted by Gasteiger charge is -2.44. The van der Waals surface area contributed by atoms with E-state index in [0.717, 1.165) is 24.0 Å². The number of nitrogens with two attached hydrogens (primary N) is 1. The van der Waals surface area contributed by atoms with Gasteiger partial charge in [-0.25, -0.2) is 0 Å². The van der Waals surface area contributed by atoms with Crippen LogP contribution >= 0.6 is 0 Å². The maximum atomic E-state index is 14.4. The van der Waals surface area contributed by atoms with E-state index in [2.05, 4.69) is 5.32 Å². The van der Waals surface area contributed by atoms with Gasteiger partial charge in [-0.05, 0) is 36.8 Å². The van der Waals surface area contributed by atoms with Gasteiger partial charge in [0.2, 0.25) is 11.8 Å². The number of amides is 2. The average molecular weight is 534 g/mol. The van der Waals surface area contributed by atoms with Crippen molar-refractivity contribution >= 4 is 11.8 Å². The lowest BCUT2D eigenvalue weighted by molar-refractivity contribution is -0.145. The van der Waals surface area contributed by atoms with Crippen molar-refractivity contribution in [1.29, 1.82) is 0 Å². The van der Waals surface area contributed by atoms with Crippen molar-refractivity contribution in [2.24, 2.45) is 17.1 Å². The van der Waals surface area contributed by atoms with Crippen molar-refractivity contribution < 1.29 is 19.8 Å². The number of aliphatic hydroxyl groups excluding tert-OH is 2. The van der Waals surface area contributed by atoms with Gasteiger partial charge >= 0.3 is 0 Å². The summed E-state index contributed by atoms with van der Waals surface area (Å²) in [6.07, 6.45) is 5.73. The van der Waals surface area contributed by atoms with Gasteiger partial charge in [-0.1, -0.05) is 92.7 Å². The van der Waals surface area contributed by atoms with Crippen LogP contribution in [0, 0.1) is 11.3 Å². The summed E-state index contributed by atoms with van der Waals surface area (Å²) in [5, 5.41) is 25.5. The fourth-order valence-electron chi connectivity index (χ4n) is 5.48. The Morgan fingerprint density at radius 2 is 1.59 bits per heavy atom. The molecule has 3 rings (SSSR count). The maximum Gasteiger partial charge on any atom is 0.244 e. The van der Waals surface area contributed by atoms with Crippen LogP contribution in [0.3, 0.4) is 0 Å². The zero-order valence-electron chi connectivity index (χ0n) is 23.1. The van der Waals surface area contributed by atoms with E-state index in [4.69, 9.17) is 5.73 Å². The summed E-state index contributed by atoms with van der Waals surface area (Å²) in [7, 11) is 0. The van der Waals surface area contributed by atoms with Crippen LogP contribution in [-0.2, 0) is 16.0 Å². The molecule has 1 aliphatic carbocycles. The molecule has 0 saturated carbocycles. The Balaban J connectivity index is 1.95. The number of benzene rings is 2. The molecule has 2 aromatic carbocycles. The van der Waals surface area contributed by atoms with Gasteiger partial charge < -0.3 is 26.2 Å². The normalized spacial score (nSPS) is 19.1. The van der Waals surface area contributed by atoms with Crippen molar-refractivity contribution in [2.75, 3.05) is 26.2 Å². The van der Waals surface area contributed by atoms with Crippen molar-refractivity contribution in [3.63, 3.8) is 0 Å². The Labute approximate surface area is 232 Å². The van der Waals surface area contributed by atoms with E-state index in [1.54, 1.807) is 12.2 Å². The molecule has 5 N–H and O–H groups in total. The second kappa shape index (κ2) is 14.8. The van der Waals surface area contributed by atoms with Gasteiger partial charge in [0, 0.05) is 37.7 Å². The standard InChI is InChI=1S/C32H43N3O4/c1-3-18-35(19-4-2)31(39)32(17-11-16-26(21-32)30(33)38)27(20-24-12-7-5-8-13-24)29(37)23-34-22-28(36)25-14-9-6-10-15-25/h5-17,27-29,34,36-37H,3-4,18-23H2,1-2H3,(H2,33,38)/t27-,28?,29+,32?/m1/s1. The highest BCUT2D eigenvalue weighted by atomic mass is 16.3. The quantitative estimate of drug-likeness (QED) is 0.280. The summed E-state index contributed by atoms with van der Waals surface area (Å²) in [6.45, 7) is 5.67. The third-order valence-electron chi connectivity index (χ3n) is 7.46. The highest BCUT2D eigenvalue weighted by Gasteiger charge is 2.49. The first-order valence-electron chi connectivity index (χ1n) is 14.0. The first-order valence-corrected chi connectivity index (χ1v) is 14.0. The predicted molar refractivity (Wildman–Crippen MR) is 155 cm³/mol. The lowest BCUT2D eigenvalue weighted by Crippen LogP contribution is -2.54. The summed E-state index contributed by atoms with van der Waals surface area (Å²) < 4.78 is 0. The molecule has 0 heterocycles. The summed E-state index contributed by atoms with van der Waals surface area (Å²) in [6, 6.07) is 19.1. The Morgan fingerprint density at radius 1 is 0.974 bits per heavy atom. The number of nitrogens with one attached hydrogen (secondary N) is 1. The molecular formula is C32H43N3O4. The van der Waals surface area contributed by atoms with E-state index >= 15 is 0 Å². The smallest absolute Gasteiger partial charge is 0.244 e. The Bertz CT molecular complexity index is 1110. The first kappa shape index (κ1) is 30.3. The van der Waals surface area contributed by atoms with Crippen LogP contribution in [0.15, 0.2) is 84.5 Å². The van der Waals surface area contributed by atoms with E-state index in [9.17, 15) is 19.8 Å². The number of primary amides is 1. The van der Waals surface area contributed by atoms with Crippen molar-refractivity contribution in [2.45, 2.75) is 51.7 Å². The highest BCUT2D eigenvalue weighted by Crippen LogP contribution is 2.44. The van der Waals surface area contributed by atoms with Crippen LogP contribution in [0.5, 0.6) is 0 Å². The number of hydrogen-bond donors (Lipinski definition) is 4. The molecule has 0 radical (unpaired) electrons. The molecule has 0 bridgehead atoms. The van der Waals surface area contributed by atoms with Crippen LogP contribution in [0.2, 0.25) is 0 Å². The van der Waals surface area contributed by atoms with Gasteiger partial charge in [0.25, 0.3) is 0 Å². The summed E-state index contributed by atoms with van der Waals surface area (Å²) in [5.41, 5.74) is 6.70.